The fraction of sp³-hybridized carbons (Fsp3) is 0.273. The Balaban J connectivity index is 2.58. The fourth-order valence-electron chi connectivity index (χ4n) is 1.96. The van der Waals surface area contributed by atoms with E-state index in [9.17, 15) is 18.4 Å². The second-order valence-electron chi connectivity index (χ2n) is 4.03. The number of halogens is 2. The number of likely N-dealkylation sites (N-methyl/N-ethyl adjacent to an activating group) is 1. The number of hydrogen-bond acceptors (Lipinski definition) is 3. The zero-order valence-corrected chi connectivity index (χ0v) is 9.54. The van der Waals surface area contributed by atoms with Gasteiger partial charge in [-0.2, -0.15) is 0 Å². The zero-order valence-electron chi connectivity index (χ0n) is 9.54. The van der Waals surface area contributed by atoms with Crippen molar-refractivity contribution in [3.8, 4) is 0 Å². The van der Waals surface area contributed by atoms with Crippen molar-refractivity contribution in [1.29, 1.82) is 0 Å². The van der Waals surface area contributed by atoms with Crippen LogP contribution in [-0.2, 0) is 10.3 Å². The highest BCUT2D eigenvalue weighted by molar-refractivity contribution is 6.07. The second-order valence-corrected chi connectivity index (χ2v) is 4.03. The van der Waals surface area contributed by atoms with Crippen molar-refractivity contribution >= 4 is 11.9 Å². The Morgan fingerprint density at radius 1 is 1.39 bits per heavy atom. The Hall–Kier alpha value is -2.02. The summed E-state index contributed by atoms with van der Waals surface area (Å²) in [6.45, 7) is -0.315. The molecule has 96 valence electrons. The summed E-state index contributed by atoms with van der Waals surface area (Å²) < 4.78 is 26.6. The molecule has 7 heteroatoms. The smallest absolute Gasteiger partial charge is 0.325 e. The standard InChI is InChI=1S/C11H11F2N3O2/c1-16-9(17)11(5-14,15-10(16)18)7-3-2-6(12)4-8(7)13/h2-4H,5,14H2,1H3,(H,15,18). The van der Waals surface area contributed by atoms with Crippen LogP contribution in [-0.4, -0.2) is 30.4 Å². The van der Waals surface area contributed by atoms with E-state index in [2.05, 4.69) is 5.32 Å². The Bertz CT molecular complexity index is 535. The van der Waals surface area contributed by atoms with Crippen LogP contribution < -0.4 is 11.1 Å². The van der Waals surface area contributed by atoms with Gasteiger partial charge in [0.15, 0.2) is 5.54 Å². The molecule has 3 N–H and O–H groups in total. The van der Waals surface area contributed by atoms with Gasteiger partial charge in [0.05, 0.1) is 0 Å². The van der Waals surface area contributed by atoms with Gasteiger partial charge in [0.2, 0.25) is 0 Å². The van der Waals surface area contributed by atoms with Gasteiger partial charge in [-0.15, -0.1) is 0 Å². The lowest BCUT2D eigenvalue weighted by Crippen LogP contribution is -2.50. The van der Waals surface area contributed by atoms with Gasteiger partial charge < -0.3 is 11.1 Å². The van der Waals surface area contributed by atoms with Gasteiger partial charge in [-0.25, -0.2) is 13.6 Å². The summed E-state index contributed by atoms with van der Waals surface area (Å²) in [6, 6.07) is 2.08. The lowest BCUT2D eigenvalue weighted by Gasteiger charge is -2.25. The monoisotopic (exact) mass is 255 g/mol. The van der Waals surface area contributed by atoms with Gasteiger partial charge >= 0.3 is 6.03 Å². The Morgan fingerprint density at radius 3 is 2.50 bits per heavy atom. The molecule has 0 spiro atoms. The van der Waals surface area contributed by atoms with Crippen LogP contribution in [0.1, 0.15) is 5.56 Å². The third-order valence-electron chi connectivity index (χ3n) is 2.99. The lowest BCUT2D eigenvalue weighted by molar-refractivity contribution is -0.130. The largest absolute Gasteiger partial charge is 0.327 e. The molecular formula is C11H11F2N3O2. The molecule has 0 radical (unpaired) electrons. The first-order chi connectivity index (χ1) is 8.42. The van der Waals surface area contributed by atoms with Crippen molar-refractivity contribution < 1.29 is 18.4 Å². The van der Waals surface area contributed by atoms with Crippen LogP contribution in [0.25, 0.3) is 0 Å². The molecule has 1 aromatic carbocycles. The Kier molecular flexibility index (Phi) is 2.78. The number of carbonyl (C=O) groups is 2. The molecule has 5 nitrogen and oxygen atoms in total. The van der Waals surface area contributed by atoms with E-state index in [1.54, 1.807) is 0 Å². The van der Waals surface area contributed by atoms with E-state index in [0.717, 1.165) is 17.0 Å². The molecule has 0 saturated carbocycles. The van der Waals surface area contributed by atoms with E-state index in [1.165, 1.54) is 7.05 Å². The number of benzene rings is 1. The van der Waals surface area contributed by atoms with Crippen LogP contribution in [0.4, 0.5) is 13.6 Å². The van der Waals surface area contributed by atoms with E-state index >= 15 is 0 Å². The van der Waals surface area contributed by atoms with Crippen LogP contribution in [0.15, 0.2) is 18.2 Å². The van der Waals surface area contributed by atoms with E-state index in [0.29, 0.717) is 6.07 Å². The molecule has 0 aromatic heterocycles. The fourth-order valence-corrected chi connectivity index (χ4v) is 1.96. The van der Waals surface area contributed by atoms with Gasteiger partial charge in [0.25, 0.3) is 5.91 Å². The summed E-state index contributed by atoms with van der Waals surface area (Å²) in [5.74, 6) is -2.36. The lowest BCUT2D eigenvalue weighted by atomic mass is 9.89. The van der Waals surface area contributed by atoms with Gasteiger partial charge in [-0.1, -0.05) is 6.07 Å². The average molecular weight is 255 g/mol. The van der Waals surface area contributed by atoms with Crippen molar-refractivity contribution in [2.45, 2.75) is 5.54 Å². The van der Waals surface area contributed by atoms with Crippen molar-refractivity contribution in [3.63, 3.8) is 0 Å². The van der Waals surface area contributed by atoms with Crippen molar-refractivity contribution in [2.75, 3.05) is 13.6 Å². The van der Waals surface area contributed by atoms with Crippen LogP contribution in [0.3, 0.4) is 0 Å². The summed E-state index contributed by atoms with van der Waals surface area (Å²) in [5.41, 5.74) is 3.69. The van der Waals surface area contributed by atoms with E-state index in [-0.39, 0.29) is 12.1 Å². The summed E-state index contributed by atoms with van der Waals surface area (Å²) in [7, 11) is 1.26. The molecule has 1 aromatic rings. The molecule has 1 atom stereocenters. The number of urea groups is 1. The summed E-state index contributed by atoms with van der Waals surface area (Å²) in [5, 5.41) is 2.34. The number of nitrogens with zero attached hydrogens (tertiary/aromatic N) is 1. The SMILES string of the molecule is CN1C(=O)NC(CN)(c2ccc(F)cc2F)C1=O. The number of carbonyl (C=O) groups excluding carboxylic acids is 2. The molecule has 0 bridgehead atoms. The number of amides is 3. The third kappa shape index (κ3) is 1.55. The quantitative estimate of drug-likeness (QED) is 0.746. The first-order valence-electron chi connectivity index (χ1n) is 5.18. The predicted octanol–water partition coefficient (Wildman–Crippen LogP) is 0.300. The molecule has 2 rings (SSSR count). The van der Waals surface area contributed by atoms with Crippen LogP contribution in [0, 0.1) is 11.6 Å². The highest BCUT2D eigenvalue weighted by Gasteiger charge is 2.51. The number of nitrogens with two attached hydrogens (primary N) is 1. The maximum absolute atomic E-state index is 13.7. The minimum absolute atomic E-state index is 0.144. The first-order valence-corrected chi connectivity index (χ1v) is 5.18. The molecule has 1 unspecified atom stereocenters. The summed E-state index contributed by atoms with van der Waals surface area (Å²) >= 11 is 0. The molecule has 18 heavy (non-hydrogen) atoms. The molecule has 1 heterocycles. The molecule has 3 amide bonds. The van der Waals surface area contributed by atoms with Gasteiger partial charge in [-0.3, -0.25) is 9.69 Å². The summed E-state index contributed by atoms with van der Waals surface area (Å²) in [4.78, 5) is 24.3. The zero-order chi connectivity index (χ0) is 13.5. The first kappa shape index (κ1) is 12.4. The van der Waals surface area contributed by atoms with Crippen LogP contribution in [0.2, 0.25) is 0 Å². The molecule has 0 aliphatic carbocycles. The Labute approximate surface area is 102 Å². The molecule has 1 fully saturated rings. The number of nitrogens with one attached hydrogen (secondary N) is 1. The Morgan fingerprint density at radius 2 is 2.06 bits per heavy atom. The van der Waals surface area contributed by atoms with E-state index < -0.39 is 29.1 Å². The number of hydrogen-bond donors (Lipinski definition) is 2. The van der Waals surface area contributed by atoms with Gasteiger partial charge in [0.1, 0.15) is 11.6 Å². The number of imide groups is 1. The second kappa shape index (κ2) is 4.02. The summed E-state index contributed by atoms with van der Waals surface area (Å²) in [6.07, 6.45) is 0. The van der Waals surface area contributed by atoms with E-state index in [1.807, 2.05) is 0 Å². The van der Waals surface area contributed by atoms with Crippen molar-refractivity contribution in [2.24, 2.45) is 5.73 Å². The maximum atomic E-state index is 13.7. The maximum Gasteiger partial charge on any atom is 0.325 e. The molecule has 1 aliphatic rings. The van der Waals surface area contributed by atoms with Crippen molar-refractivity contribution in [3.05, 3.63) is 35.4 Å². The molecule has 1 saturated heterocycles. The molecule has 1 aliphatic heterocycles. The highest BCUT2D eigenvalue weighted by atomic mass is 19.1. The highest BCUT2D eigenvalue weighted by Crippen LogP contribution is 2.29. The minimum Gasteiger partial charge on any atom is -0.327 e. The number of rotatable bonds is 2. The molecular weight excluding hydrogens is 244 g/mol. The van der Waals surface area contributed by atoms with Crippen LogP contribution in [0.5, 0.6) is 0 Å². The average Bonchev–Trinajstić information content (AvgIpc) is 2.54. The van der Waals surface area contributed by atoms with E-state index in [4.69, 9.17) is 5.73 Å². The van der Waals surface area contributed by atoms with Crippen molar-refractivity contribution in [1.82, 2.24) is 10.2 Å². The topological polar surface area (TPSA) is 75.4 Å². The normalized spacial score (nSPS) is 23.4. The van der Waals surface area contributed by atoms with Crippen LogP contribution >= 0.6 is 0 Å². The van der Waals surface area contributed by atoms with Gasteiger partial charge in [-0.05, 0) is 6.07 Å². The third-order valence-corrected chi connectivity index (χ3v) is 2.99. The predicted molar refractivity (Wildman–Crippen MR) is 58.4 cm³/mol. The van der Waals surface area contributed by atoms with Gasteiger partial charge in [0, 0.05) is 25.2 Å². The minimum atomic E-state index is -1.66.